The van der Waals surface area contributed by atoms with E-state index in [0.717, 1.165) is 43.0 Å². The Kier molecular flexibility index (Phi) is 7.16. The molecule has 1 saturated heterocycles. The van der Waals surface area contributed by atoms with Gasteiger partial charge in [0.2, 0.25) is 0 Å². The summed E-state index contributed by atoms with van der Waals surface area (Å²) in [5.41, 5.74) is 6.30. The number of carbonyl (C=O) groups excluding carboxylic acids is 2. The van der Waals surface area contributed by atoms with Gasteiger partial charge in [0.1, 0.15) is 0 Å². The molecule has 1 unspecified atom stereocenters. The van der Waals surface area contributed by atoms with Crippen molar-refractivity contribution in [2.24, 2.45) is 11.8 Å². The molecule has 1 aliphatic heterocycles. The second-order valence-corrected chi connectivity index (χ2v) is 14.2. The maximum atomic E-state index is 13.7. The zero-order chi connectivity index (χ0) is 26.3. The van der Waals surface area contributed by atoms with Crippen LogP contribution in [0.15, 0.2) is 72.8 Å². The Balaban J connectivity index is 1.15. The van der Waals surface area contributed by atoms with Gasteiger partial charge in [0.25, 0.3) is 0 Å². The van der Waals surface area contributed by atoms with Crippen molar-refractivity contribution in [3.05, 3.63) is 95.1 Å². The first-order valence-corrected chi connectivity index (χ1v) is 17.1. The van der Waals surface area contributed by atoms with Gasteiger partial charge in [-0.25, -0.2) is 0 Å². The number of rotatable bonds is 8. The summed E-state index contributed by atoms with van der Waals surface area (Å²) in [7, 11) is 0. The number of fused-ring (bicyclic) bond motifs is 4. The van der Waals surface area contributed by atoms with Crippen LogP contribution in [0.1, 0.15) is 58.0 Å². The number of hydrogen-bond acceptors (Lipinski definition) is 3. The van der Waals surface area contributed by atoms with Crippen molar-refractivity contribution in [2.45, 2.75) is 42.1 Å². The van der Waals surface area contributed by atoms with Crippen LogP contribution in [0.5, 0.6) is 0 Å². The number of benzene rings is 3. The van der Waals surface area contributed by atoms with E-state index in [4.69, 9.17) is 0 Å². The number of likely N-dealkylation sites (tertiary alicyclic amines) is 1. The molecule has 3 aromatic carbocycles. The molecule has 6 rings (SSSR count). The summed E-state index contributed by atoms with van der Waals surface area (Å²) >= 11 is -0.156. The predicted molar refractivity (Wildman–Crippen MR) is 148 cm³/mol. The second kappa shape index (κ2) is 10.6. The summed E-state index contributed by atoms with van der Waals surface area (Å²) in [6, 6.07) is 24.8. The Bertz CT molecular complexity index is 1330. The van der Waals surface area contributed by atoms with E-state index < -0.39 is 0 Å². The molecule has 1 saturated carbocycles. The number of amides is 1. The Labute approximate surface area is 236 Å². The van der Waals surface area contributed by atoms with Crippen LogP contribution in [0.2, 0.25) is 0 Å². The van der Waals surface area contributed by atoms with Crippen LogP contribution < -0.4 is 26.5 Å². The monoisotopic (exact) mass is 619 g/mol. The molecule has 0 radical (unpaired) electrons. The van der Waals surface area contributed by atoms with Crippen molar-refractivity contribution in [2.75, 3.05) is 24.6 Å². The molecule has 3 aliphatic rings. The van der Waals surface area contributed by atoms with Crippen LogP contribution in [0.25, 0.3) is 11.1 Å². The fourth-order valence-electron chi connectivity index (χ4n) is 6.54. The Morgan fingerprint density at radius 3 is 2.47 bits per heavy atom. The standard InChI is InChI=1S/C33H36IN2O2/c1-22-30-31(37)28-15-14-27(20-29(28)33(22,34-2)17-19-36(30)21-24-8-9-24)32(38)35-18-16-23-10-12-26(13-11-23)25-6-4-3-5-7-25/h3-7,10-15,20,22,24,30H,8-9,16-19,21H2,1-2H3,(H,35,38)/q-1/t22-,30?,33+/m0/s1. The number of halogens is 1. The van der Waals surface area contributed by atoms with Gasteiger partial charge in [0.15, 0.2) is 0 Å². The van der Waals surface area contributed by atoms with E-state index in [1.807, 2.05) is 18.2 Å². The van der Waals surface area contributed by atoms with E-state index in [1.54, 1.807) is 0 Å². The number of nitrogens with zero attached hydrogens (tertiary/aromatic N) is 1. The maximum absolute atomic E-state index is 13.7. The average molecular weight is 620 g/mol. The van der Waals surface area contributed by atoms with Crippen molar-refractivity contribution in [1.29, 1.82) is 0 Å². The van der Waals surface area contributed by atoms with Gasteiger partial charge in [-0.3, -0.25) is 0 Å². The fraction of sp³-hybridized carbons (Fsp3) is 0.394. The number of nitrogens with one attached hydrogen (secondary N) is 1. The van der Waals surface area contributed by atoms with Crippen molar-refractivity contribution >= 4 is 11.7 Å². The molecule has 0 aromatic heterocycles. The first-order chi connectivity index (χ1) is 18.5. The van der Waals surface area contributed by atoms with Gasteiger partial charge in [-0.05, 0) is 5.56 Å². The summed E-state index contributed by atoms with van der Waals surface area (Å²) in [6.07, 6.45) is 4.51. The number of ketones is 1. The van der Waals surface area contributed by atoms with Crippen LogP contribution in [0.4, 0.5) is 0 Å². The Morgan fingerprint density at radius 1 is 1.03 bits per heavy atom. The van der Waals surface area contributed by atoms with E-state index in [-0.39, 0.29) is 42.4 Å². The van der Waals surface area contributed by atoms with Gasteiger partial charge >= 0.3 is 201 Å². The van der Waals surface area contributed by atoms with Gasteiger partial charge in [-0.1, -0.05) is 30.3 Å². The van der Waals surface area contributed by atoms with E-state index in [0.29, 0.717) is 18.0 Å². The molecule has 4 nitrogen and oxygen atoms in total. The van der Waals surface area contributed by atoms with Crippen LogP contribution in [0, 0.1) is 11.8 Å². The molecule has 0 spiro atoms. The Morgan fingerprint density at radius 2 is 1.76 bits per heavy atom. The molecule has 1 N–H and O–H groups in total. The molecule has 5 heteroatoms. The summed E-state index contributed by atoms with van der Waals surface area (Å²) in [4.78, 5) is 31.7. The minimum atomic E-state index is -0.156. The SMILES string of the molecule is C[I-][C@@]12CCN(CC3CC3)C(C(=O)c3ccc(C(=O)NCCc4ccc(-c5ccccc5)cc4)cc31)[C@@H]2C. The van der Waals surface area contributed by atoms with Crippen LogP contribution in [-0.4, -0.2) is 47.2 Å². The fourth-order valence-corrected chi connectivity index (χ4v) is 9.67. The number of Topliss-reactive ketones (excluding diaryl/α,β-unsaturated/α-hetero) is 1. The first-order valence-electron chi connectivity index (χ1n) is 13.9. The first kappa shape index (κ1) is 25.8. The number of piperidine rings is 1. The van der Waals surface area contributed by atoms with Crippen LogP contribution >= 0.6 is 0 Å². The predicted octanol–water partition coefficient (Wildman–Crippen LogP) is 2.56. The molecule has 2 bridgehead atoms. The van der Waals surface area contributed by atoms with Crippen molar-refractivity contribution in [3.63, 3.8) is 0 Å². The number of hydrogen-bond donors (Lipinski definition) is 1. The van der Waals surface area contributed by atoms with Gasteiger partial charge in [0.05, 0.1) is 0 Å². The van der Waals surface area contributed by atoms with Gasteiger partial charge < -0.3 is 0 Å². The minimum absolute atomic E-state index is 0.00413. The quantitative estimate of drug-likeness (QED) is 0.312. The van der Waals surface area contributed by atoms with Gasteiger partial charge in [-0.2, -0.15) is 0 Å². The van der Waals surface area contributed by atoms with E-state index in [1.165, 1.54) is 29.5 Å². The van der Waals surface area contributed by atoms with Crippen LogP contribution in [0.3, 0.4) is 0 Å². The number of alkyl halides is 2. The normalized spacial score (nSPS) is 24.7. The molecule has 3 atom stereocenters. The van der Waals surface area contributed by atoms with Gasteiger partial charge in [-0.15, -0.1) is 0 Å². The molecule has 3 aromatic rings. The van der Waals surface area contributed by atoms with E-state index in [2.05, 4.69) is 76.7 Å². The third-order valence-electron chi connectivity index (χ3n) is 8.90. The molecule has 198 valence electrons. The molecule has 2 fully saturated rings. The molecular formula is C33H36IN2O2-. The molecule has 1 amide bonds. The van der Waals surface area contributed by atoms with Crippen molar-refractivity contribution in [3.8, 4) is 11.1 Å². The zero-order valence-electron chi connectivity index (χ0n) is 22.3. The summed E-state index contributed by atoms with van der Waals surface area (Å²) in [5.74, 6) is 1.32. The average Bonchev–Trinajstić information content (AvgIpc) is 3.77. The van der Waals surface area contributed by atoms with Crippen molar-refractivity contribution < 1.29 is 30.8 Å². The van der Waals surface area contributed by atoms with Crippen molar-refractivity contribution in [1.82, 2.24) is 10.2 Å². The third kappa shape index (κ3) is 4.73. The topological polar surface area (TPSA) is 49.4 Å². The number of carbonyl (C=O) groups is 2. The second-order valence-electron chi connectivity index (χ2n) is 11.2. The molecule has 1 heterocycles. The van der Waals surface area contributed by atoms with Crippen LogP contribution in [-0.2, 0) is 9.84 Å². The zero-order valence-corrected chi connectivity index (χ0v) is 24.4. The van der Waals surface area contributed by atoms with Gasteiger partial charge in [0, 0.05) is 0 Å². The summed E-state index contributed by atoms with van der Waals surface area (Å²) in [5, 5.41) is 3.12. The summed E-state index contributed by atoms with van der Waals surface area (Å²) in [6.45, 7) is 4.96. The van der Waals surface area contributed by atoms with E-state index in [9.17, 15) is 9.59 Å². The third-order valence-corrected chi connectivity index (χ3v) is 12.9. The Hall–Kier alpha value is -2.51. The molecular weight excluding hydrogens is 583 g/mol. The summed E-state index contributed by atoms with van der Waals surface area (Å²) < 4.78 is 0.0730. The van der Waals surface area contributed by atoms with E-state index >= 15 is 0 Å². The molecule has 38 heavy (non-hydrogen) atoms. The molecule has 2 aliphatic carbocycles.